The first-order chi connectivity index (χ1) is 13.7. The van der Waals surface area contributed by atoms with E-state index in [-0.39, 0.29) is 0 Å². The third-order valence-electron chi connectivity index (χ3n) is 4.34. The van der Waals surface area contributed by atoms with Gasteiger partial charge in [-0.1, -0.05) is 18.2 Å². The maximum Gasteiger partial charge on any atom is 0.160 e. The van der Waals surface area contributed by atoms with Crippen molar-refractivity contribution in [2.24, 2.45) is 0 Å². The molecule has 148 valence electrons. The van der Waals surface area contributed by atoms with Crippen molar-refractivity contribution >= 4 is 11.3 Å². The van der Waals surface area contributed by atoms with E-state index in [2.05, 4.69) is 28.5 Å². The molecule has 0 aliphatic carbocycles. The van der Waals surface area contributed by atoms with Crippen LogP contribution < -0.4 is 19.5 Å². The second kappa shape index (κ2) is 10.1. The number of nitrogens with zero attached hydrogens (tertiary/aromatic N) is 1. The largest absolute Gasteiger partial charge is 0.493 e. The molecule has 0 aliphatic rings. The molecule has 0 atom stereocenters. The smallest absolute Gasteiger partial charge is 0.160 e. The molecule has 0 saturated heterocycles. The number of aromatic nitrogens is 1. The van der Waals surface area contributed by atoms with Crippen LogP contribution in [-0.4, -0.2) is 25.7 Å². The van der Waals surface area contributed by atoms with Crippen LogP contribution in [0.15, 0.2) is 47.8 Å². The molecule has 1 aromatic heterocycles. The summed E-state index contributed by atoms with van der Waals surface area (Å²) in [6, 6.07) is 14.2. The highest BCUT2D eigenvalue weighted by atomic mass is 32.1. The molecule has 28 heavy (non-hydrogen) atoms. The Balaban J connectivity index is 1.41. The van der Waals surface area contributed by atoms with Crippen LogP contribution in [0.3, 0.4) is 0 Å². The summed E-state index contributed by atoms with van der Waals surface area (Å²) in [5.74, 6) is 2.38. The Labute approximate surface area is 170 Å². The minimum absolute atomic E-state index is 0.507. The van der Waals surface area contributed by atoms with Crippen molar-refractivity contribution in [3.8, 4) is 17.2 Å². The van der Waals surface area contributed by atoms with Gasteiger partial charge >= 0.3 is 0 Å². The summed E-state index contributed by atoms with van der Waals surface area (Å²) in [5, 5.41) is 6.57. The van der Waals surface area contributed by atoms with Gasteiger partial charge in [-0.15, -0.1) is 11.3 Å². The molecule has 0 unspecified atom stereocenters. The van der Waals surface area contributed by atoms with E-state index >= 15 is 0 Å². The third-order valence-corrected chi connectivity index (χ3v) is 5.17. The number of ether oxygens (including phenoxy) is 3. The van der Waals surface area contributed by atoms with Gasteiger partial charge in [0.1, 0.15) is 12.4 Å². The number of aryl methyl sites for hydroxylation is 1. The second-order valence-electron chi connectivity index (χ2n) is 6.41. The molecule has 0 saturated carbocycles. The van der Waals surface area contributed by atoms with Crippen LogP contribution in [0.5, 0.6) is 17.2 Å². The predicted octanol–water partition coefficient (Wildman–Crippen LogP) is 4.38. The lowest BCUT2D eigenvalue weighted by molar-refractivity contribution is 0.302. The molecule has 6 heteroatoms. The molecular formula is C22H26N2O3S. The Morgan fingerprint density at radius 3 is 2.39 bits per heavy atom. The zero-order valence-corrected chi connectivity index (χ0v) is 17.3. The first kappa shape index (κ1) is 20.2. The number of rotatable bonds is 10. The summed E-state index contributed by atoms with van der Waals surface area (Å²) >= 11 is 1.64. The Morgan fingerprint density at radius 1 is 0.964 bits per heavy atom. The summed E-state index contributed by atoms with van der Waals surface area (Å²) in [6.07, 6.45) is 0.925. The lowest BCUT2D eigenvalue weighted by Crippen LogP contribution is -2.16. The normalized spacial score (nSPS) is 10.7. The molecule has 0 radical (unpaired) electrons. The van der Waals surface area contributed by atoms with Gasteiger partial charge in [-0.05, 0) is 55.3 Å². The molecule has 0 spiro atoms. The van der Waals surface area contributed by atoms with E-state index in [0.29, 0.717) is 6.61 Å². The highest BCUT2D eigenvalue weighted by Gasteiger charge is 2.04. The Hall–Kier alpha value is -2.57. The maximum atomic E-state index is 5.79. The summed E-state index contributed by atoms with van der Waals surface area (Å²) in [7, 11) is 3.31. The Bertz CT molecular complexity index is 878. The molecule has 1 heterocycles. The molecule has 0 aliphatic heterocycles. The van der Waals surface area contributed by atoms with Crippen molar-refractivity contribution in [2.75, 3.05) is 20.8 Å². The Kier molecular flexibility index (Phi) is 7.28. The molecule has 3 aromatic rings. The number of nitrogens with one attached hydrogen (secondary N) is 1. The SMILES string of the molecule is COc1ccc(CCNCc2ccc(OCc3csc(C)n3)cc2)cc1OC. The van der Waals surface area contributed by atoms with Gasteiger partial charge in [0.25, 0.3) is 0 Å². The van der Waals surface area contributed by atoms with Crippen molar-refractivity contribution in [3.63, 3.8) is 0 Å². The third kappa shape index (κ3) is 5.71. The quantitative estimate of drug-likeness (QED) is 0.514. The molecule has 2 aromatic carbocycles. The number of thiazole rings is 1. The minimum Gasteiger partial charge on any atom is -0.493 e. The van der Waals surface area contributed by atoms with Crippen LogP contribution in [0.25, 0.3) is 0 Å². The van der Waals surface area contributed by atoms with Crippen LogP contribution in [0, 0.1) is 6.92 Å². The van der Waals surface area contributed by atoms with E-state index in [9.17, 15) is 0 Å². The predicted molar refractivity (Wildman–Crippen MR) is 113 cm³/mol. The zero-order valence-electron chi connectivity index (χ0n) is 16.5. The van der Waals surface area contributed by atoms with E-state index in [1.165, 1.54) is 11.1 Å². The number of hydrogen-bond donors (Lipinski definition) is 1. The number of benzene rings is 2. The van der Waals surface area contributed by atoms with E-state index in [4.69, 9.17) is 14.2 Å². The molecule has 0 amide bonds. The van der Waals surface area contributed by atoms with Crippen LogP contribution in [0.1, 0.15) is 21.8 Å². The number of hydrogen-bond acceptors (Lipinski definition) is 6. The standard InChI is InChI=1S/C22H26N2O3S/c1-16-24-19(15-28-16)14-27-20-7-4-18(5-8-20)13-23-11-10-17-6-9-21(25-2)22(12-17)26-3/h4-9,12,15,23H,10-11,13-14H2,1-3H3. The molecular weight excluding hydrogens is 372 g/mol. The average molecular weight is 399 g/mol. The first-order valence-corrected chi connectivity index (χ1v) is 10.1. The van der Waals surface area contributed by atoms with Gasteiger partial charge in [-0.2, -0.15) is 0 Å². The van der Waals surface area contributed by atoms with Crippen molar-refractivity contribution in [3.05, 3.63) is 69.7 Å². The zero-order chi connectivity index (χ0) is 19.8. The van der Waals surface area contributed by atoms with Crippen LogP contribution in [-0.2, 0) is 19.6 Å². The Morgan fingerprint density at radius 2 is 1.71 bits per heavy atom. The van der Waals surface area contributed by atoms with Gasteiger partial charge in [-0.3, -0.25) is 0 Å². The van der Waals surface area contributed by atoms with Gasteiger partial charge in [0.2, 0.25) is 0 Å². The van der Waals surface area contributed by atoms with Crippen molar-refractivity contribution in [1.82, 2.24) is 10.3 Å². The fourth-order valence-corrected chi connectivity index (χ4v) is 3.43. The molecule has 5 nitrogen and oxygen atoms in total. The highest BCUT2D eigenvalue weighted by Crippen LogP contribution is 2.27. The van der Waals surface area contributed by atoms with Crippen LogP contribution >= 0.6 is 11.3 Å². The van der Waals surface area contributed by atoms with Crippen LogP contribution in [0.4, 0.5) is 0 Å². The van der Waals surface area contributed by atoms with Crippen LogP contribution in [0.2, 0.25) is 0 Å². The van der Waals surface area contributed by atoms with Gasteiger partial charge in [-0.25, -0.2) is 4.98 Å². The fraction of sp³-hybridized carbons (Fsp3) is 0.318. The molecule has 3 rings (SSSR count). The van der Waals surface area contributed by atoms with Gasteiger partial charge in [0, 0.05) is 11.9 Å². The summed E-state index contributed by atoms with van der Waals surface area (Å²) in [4.78, 5) is 4.41. The average Bonchev–Trinajstić information content (AvgIpc) is 3.15. The van der Waals surface area contributed by atoms with E-state index < -0.39 is 0 Å². The lowest BCUT2D eigenvalue weighted by Gasteiger charge is -2.10. The fourth-order valence-electron chi connectivity index (χ4n) is 2.84. The van der Waals surface area contributed by atoms with E-state index in [1.807, 2.05) is 36.6 Å². The van der Waals surface area contributed by atoms with Gasteiger partial charge in [0.05, 0.1) is 24.9 Å². The monoisotopic (exact) mass is 398 g/mol. The summed E-state index contributed by atoms with van der Waals surface area (Å²) in [5.41, 5.74) is 3.42. The van der Waals surface area contributed by atoms with Gasteiger partial charge in [0.15, 0.2) is 11.5 Å². The highest BCUT2D eigenvalue weighted by molar-refractivity contribution is 7.09. The second-order valence-corrected chi connectivity index (χ2v) is 7.47. The minimum atomic E-state index is 0.507. The van der Waals surface area contributed by atoms with E-state index in [0.717, 1.165) is 47.5 Å². The van der Waals surface area contributed by atoms with Gasteiger partial charge < -0.3 is 19.5 Å². The summed E-state index contributed by atoms with van der Waals surface area (Å²) in [6.45, 7) is 4.21. The maximum absolute atomic E-state index is 5.79. The topological polar surface area (TPSA) is 52.6 Å². The molecule has 0 fully saturated rings. The first-order valence-electron chi connectivity index (χ1n) is 9.22. The van der Waals surface area contributed by atoms with Crippen molar-refractivity contribution < 1.29 is 14.2 Å². The summed E-state index contributed by atoms with van der Waals surface area (Å²) < 4.78 is 16.4. The van der Waals surface area contributed by atoms with E-state index in [1.54, 1.807) is 25.6 Å². The number of methoxy groups -OCH3 is 2. The van der Waals surface area contributed by atoms with Crippen molar-refractivity contribution in [2.45, 2.75) is 26.5 Å². The molecule has 0 bridgehead atoms. The lowest BCUT2D eigenvalue weighted by atomic mass is 10.1. The van der Waals surface area contributed by atoms with Crippen molar-refractivity contribution in [1.29, 1.82) is 0 Å². The molecule has 1 N–H and O–H groups in total.